The number of hydrogen-bond acceptors (Lipinski definition) is 5. The van der Waals surface area contributed by atoms with E-state index in [9.17, 15) is 4.79 Å². The lowest BCUT2D eigenvalue weighted by molar-refractivity contribution is 0.208. The molecule has 1 saturated heterocycles. The minimum absolute atomic E-state index is 0.102. The van der Waals surface area contributed by atoms with Crippen molar-refractivity contribution in [1.29, 1.82) is 0 Å². The second kappa shape index (κ2) is 8.13. The Hall–Kier alpha value is -3.06. The van der Waals surface area contributed by atoms with Crippen LogP contribution in [-0.2, 0) is 0 Å². The van der Waals surface area contributed by atoms with Crippen LogP contribution in [0.15, 0.2) is 48.8 Å². The lowest BCUT2D eigenvalue weighted by Gasteiger charge is -2.35. The van der Waals surface area contributed by atoms with Crippen LogP contribution in [0.5, 0.6) is 0 Å². The number of piperazine rings is 1. The first kappa shape index (κ1) is 19.3. The Morgan fingerprint density at radius 1 is 1.03 bits per heavy atom. The molecule has 0 unspecified atom stereocenters. The molecule has 1 N–H and O–H groups in total. The van der Waals surface area contributed by atoms with E-state index in [0.29, 0.717) is 31.2 Å². The maximum absolute atomic E-state index is 12.6. The summed E-state index contributed by atoms with van der Waals surface area (Å²) < 4.78 is 0. The van der Waals surface area contributed by atoms with E-state index in [1.807, 2.05) is 25.1 Å². The lowest BCUT2D eigenvalue weighted by Crippen LogP contribution is -2.50. The number of carbonyl (C=O) groups is 1. The Morgan fingerprint density at radius 2 is 1.76 bits per heavy atom. The van der Waals surface area contributed by atoms with Crippen LogP contribution in [0.1, 0.15) is 0 Å². The number of rotatable bonds is 3. The van der Waals surface area contributed by atoms with Crippen molar-refractivity contribution in [3.8, 4) is 0 Å². The maximum atomic E-state index is 12.6. The van der Waals surface area contributed by atoms with Crippen LogP contribution < -0.4 is 15.1 Å². The summed E-state index contributed by atoms with van der Waals surface area (Å²) in [4.78, 5) is 27.6. The van der Waals surface area contributed by atoms with Gasteiger partial charge in [0.25, 0.3) is 0 Å². The van der Waals surface area contributed by atoms with E-state index in [1.54, 1.807) is 30.6 Å². The van der Waals surface area contributed by atoms with Crippen LogP contribution in [0, 0.1) is 0 Å². The molecule has 2 heterocycles. The molecule has 2 aromatic carbocycles. The Labute approximate surface area is 174 Å². The van der Waals surface area contributed by atoms with Crippen molar-refractivity contribution in [2.45, 2.75) is 0 Å². The number of benzene rings is 2. The number of amides is 2. The predicted octanol–water partition coefficient (Wildman–Crippen LogP) is 3.70. The third kappa shape index (κ3) is 4.19. The zero-order valence-corrected chi connectivity index (χ0v) is 17.2. The van der Waals surface area contributed by atoms with E-state index in [1.165, 1.54) is 0 Å². The van der Waals surface area contributed by atoms with Crippen molar-refractivity contribution < 1.29 is 4.79 Å². The maximum Gasteiger partial charge on any atom is 0.321 e. The molecular weight excluding hydrogens is 388 g/mol. The highest BCUT2D eigenvalue weighted by molar-refractivity contribution is 6.30. The Morgan fingerprint density at radius 3 is 2.45 bits per heavy atom. The number of hydrogen-bond donors (Lipinski definition) is 1. The van der Waals surface area contributed by atoms with Crippen molar-refractivity contribution in [3.63, 3.8) is 0 Å². The number of aromatic nitrogens is 2. The fourth-order valence-corrected chi connectivity index (χ4v) is 3.54. The van der Waals surface area contributed by atoms with Gasteiger partial charge in [-0.25, -0.2) is 14.8 Å². The molecule has 0 bridgehead atoms. The number of anilines is 3. The molecule has 2 amide bonds. The van der Waals surface area contributed by atoms with Crippen molar-refractivity contribution in [2.75, 3.05) is 55.4 Å². The van der Waals surface area contributed by atoms with Crippen molar-refractivity contribution in [1.82, 2.24) is 14.9 Å². The van der Waals surface area contributed by atoms with Gasteiger partial charge in [0.05, 0.1) is 5.52 Å². The minimum atomic E-state index is -0.102. The number of fused-ring (bicyclic) bond motifs is 1. The highest BCUT2D eigenvalue weighted by Gasteiger charge is 2.23. The van der Waals surface area contributed by atoms with Gasteiger partial charge in [-0.05, 0) is 42.5 Å². The normalized spacial score (nSPS) is 14.2. The van der Waals surface area contributed by atoms with Gasteiger partial charge in [-0.15, -0.1) is 0 Å². The fraction of sp³-hybridized carbons (Fsp3) is 0.286. The first-order valence-electron chi connectivity index (χ1n) is 9.50. The molecule has 0 radical (unpaired) electrons. The zero-order valence-electron chi connectivity index (χ0n) is 16.5. The fourth-order valence-electron chi connectivity index (χ4n) is 3.42. The summed E-state index contributed by atoms with van der Waals surface area (Å²) in [5.74, 6) is 0.913. The Balaban J connectivity index is 1.46. The SMILES string of the molecule is CN(C)c1ccc2ncnc(N3CCN(C(=O)Nc4ccc(Cl)cc4)CC3)c2c1. The van der Waals surface area contributed by atoms with Gasteiger partial charge < -0.3 is 20.0 Å². The number of urea groups is 1. The molecule has 8 heteroatoms. The summed E-state index contributed by atoms with van der Waals surface area (Å²) in [6.45, 7) is 2.68. The number of carbonyl (C=O) groups excluding carboxylic acids is 1. The average molecular weight is 411 g/mol. The topological polar surface area (TPSA) is 64.6 Å². The van der Waals surface area contributed by atoms with Crippen molar-refractivity contribution >= 4 is 45.7 Å². The van der Waals surface area contributed by atoms with Crippen LogP contribution in [0.2, 0.25) is 5.02 Å². The van der Waals surface area contributed by atoms with E-state index in [-0.39, 0.29) is 6.03 Å². The summed E-state index contributed by atoms with van der Waals surface area (Å²) in [5.41, 5.74) is 2.76. The van der Waals surface area contributed by atoms with Crippen molar-refractivity contribution in [2.24, 2.45) is 0 Å². The van der Waals surface area contributed by atoms with E-state index in [0.717, 1.165) is 28.1 Å². The summed E-state index contributed by atoms with van der Waals surface area (Å²) in [7, 11) is 4.03. The molecule has 0 aliphatic carbocycles. The van der Waals surface area contributed by atoms with Crippen LogP contribution in [0.4, 0.5) is 22.0 Å². The third-order valence-electron chi connectivity index (χ3n) is 5.08. The molecule has 7 nitrogen and oxygen atoms in total. The molecule has 1 aliphatic heterocycles. The first-order valence-corrected chi connectivity index (χ1v) is 9.87. The predicted molar refractivity (Wildman–Crippen MR) is 118 cm³/mol. The molecule has 29 heavy (non-hydrogen) atoms. The van der Waals surface area contributed by atoms with Crippen LogP contribution >= 0.6 is 11.6 Å². The highest BCUT2D eigenvalue weighted by Crippen LogP contribution is 2.27. The van der Waals surface area contributed by atoms with Gasteiger partial charge in [0.2, 0.25) is 0 Å². The van der Waals surface area contributed by atoms with Gasteiger partial charge in [0.15, 0.2) is 0 Å². The Kier molecular flexibility index (Phi) is 5.40. The van der Waals surface area contributed by atoms with Crippen molar-refractivity contribution in [3.05, 3.63) is 53.8 Å². The average Bonchev–Trinajstić information content (AvgIpc) is 2.74. The number of nitrogens with zero attached hydrogens (tertiary/aromatic N) is 5. The summed E-state index contributed by atoms with van der Waals surface area (Å²) in [6.07, 6.45) is 1.60. The molecule has 1 aromatic heterocycles. The zero-order chi connectivity index (χ0) is 20.4. The van der Waals surface area contributed by atoms with E-state index >= 15 is 0 Å². The summed E-state index contributed by atoms with van der Waals surface area (Å²) >= 11 is 5.90. The molecule has 1 aliphatic rings. The quantitative estimate of drug-likeness (QED) is 0.713. The second-order valence-corrected chi connectivity index (χ2v) is 7.64. The van der Waals surface area contributed by atoms with Gasteiger partial charge in [-0.3, -0.25) is 0 Å². The van der Waals surface area contributed by atoms with Gasteiger partial charge in [0.1, 0.15) is 12.1 Å². The standard InChI is InChI=1S/C21H23ClN6O/c1-26(2)17-7-8-19-18(13-17)20(24-14-23-19)27-9-11-28(12-10-27)21(29)25-16-5-3-15(22)4-6-16/h3-8,13-14H,9-12H2,1-2H3,(H,25,29). The molecule has 0 atom stereocenters. The Bertz CT molecular complexity index is 1020. The van der Waals surface area contributed by atoms with Crippen LogP contribution in [-0.4, -0.2) is 61.2 Å². The number of halogens is 1. The third-order valence-corrected chi connectivity index (χ3v) is 5.33. The molecule has 4 rings (SSSR count). The smallest absolute Gasteiger partial charge is 0.321 e. The molecule has 3 aromatic rings. The van der Waals surface area contributed by atoms with Gasteiger partial charge in [-0.1, -0.05) is 11.6 Å². The van der Waals surface area contributed by atoms with Gasteiger partial charge >= 0.3 is 6.03 Å². The molecule has 150 valence electrons. The van der Waals surface area contributed by atoms with Crippen LogP contribution in [0.3, 0.4) is 0 Å². The molecular formula is C21H23ClN6O. The number of nitrogens with one attached hydrogen (secondary N) is 1. The minimum Gasteiger partial charge on any atom is -0.378 e. The van der Waals surface area contributed by atoms with E-state index < -0.39 is 0 Å². The largest absolute Gasteiger partial charge is 0.378 e. The first-order chi connectivity index (χ1) is 14.0. The summed E-state index contributed by atoms with van der Waals surface area (Å²) in [6, 6.07) is 13.2. The summed E-state index contributed by atoms with van der Waals surface area (Å²) in [5, 5.41) is 4.59. The van der Waals surface area contributed by atoms with E-state index in [2.05, 4.69) is 37.2 Å². The monoisotopic (exact) mass is 410 g/mol. The lowest BCUT2D eigenvalue weighted by atomic mass is 10.2. The van der Waals surface area contributed by atoms with Gasteiger partial charge in [-0.2, -0.15) is 0 Å². The van der Waals surface area contributed by atoms with Gasteiger partial charge in [0, 0.05) is 62.1 Å². The molecule has 0 spiro atoms. The highest BCUT2D eigenvalue weighted by atomic mass is 35.5. The second-order valence-electron chi connectivity index (χ2n) is 7.20. The van der Waals surface area contributed by atoms with Crippen LogP contribution in [0.25, 0.3) is 10.9 Å². The van der Waals surface area contributed by atoms with E-state index in [4.69, 9.17) is 11.6 Å². The molecule has 0 saturated carbocycles. The molecule has 1 fully saturated rings.